The predicted octanol–water partition coefficient (Wildman–Crippen LogP) is 3.40. The molecule has 0 saturated heterocycles. The van der Waals surface area contributed by atoms with Gasteiger partial charge in [-0.3, -0.25) is 0 Å². The summed E-state index contributed by atoms with van der Waals surface area (Å²) in [7, 11) is 0. The van der Waals surface area contributed by atoms with Gasteiger partial charge in [-0.05, 0) is 36.8 Å². The molecule has 3 N–H and O–H groups in total. The van der Waals surface area contributed by atoms with E-state index in [9.17, 15) is 4.39 Å². The summed E-state index contributed by atoms with van der Waals surface area (Å²) in [6, 6.07) is 12.3. The maximum atomic E-state index is 13.5. The number of hydrogen-bond donors (Lipinski definition) is 2. The van der Waals surface area contributed by atoms with Gasteiger partial charge in [0.15, 0.2) is 11.6 Å². The number of fused-ring (bicyclic) bond motifs is 1. The monoisotopic (exact) mass is 268 g/mol. The van der Waals surface area contributed by atoms with E-state index in [0.29, 0.717) is 17.1 Å². The molecule has 20 heavy (non-hydrogen) atoms. The molecule has 0 aliphatic rings. The molecule has 3 rings (SSSR count). The first-order valence-corrected chi connectivity index (χ1v) is 6.19. The maximum Gasteiger partial charge on any atom is 0.174 e. The predicted molar refractivity (Wildman–Crippen MR) is 78.4 cm³/mol. The summed E-state index contributed by atoms with van der Waals surface area (Å²) in [5.41, 5.74) is 8.51. The van der Waals surface area contributed by atoms with Gasteiger partial charge in [-0.1, -0.05) is 18.2 Å². The molecule has 0 unspecified atom stereocenters. The van der Waals surface area contributed by atoms with Crippen molar-refractivity contribution < 1.29 is 4.39 Å². The number of aryl methyl sites for hydroxylation is 1. The number of nitrogens with one attached hydrogen (secondary N) is 1. The van der Waals surface area contributed by atoms with Crippen LogP contribution in [0.4, 0.5) is 21.7 Å². The van der Waals surface area contributed by atoms with Crippen LogP contribution in [0.1, 0.15) is 5.56 Å². The summed E-state index contributed by atoms with van der Waals surface area (Å²) in [6.07, 6.45) is 0. The molecule has 0 amide bonds. The maximum absolute atomic E-state index is 13.5. The van der Waals surface area contributed by atoms with Crippen molar-refractivity contribution >= 4 is 28.4 Å². The van der Waals surface area contributed by atoms with E-state index in [0.717, 1.165) is 11.0 Å². The summed E-state index contributed by atoms with van der Waals surface area (Å²) < 4.78 is 13.5. The van der Waals surface area contributed by atoms with Gasteiger partial charge < -0.3 is 11.1 Å². The molecular weight excluding hydrogens is 255 g/mol. The van der Waals surface area contributed by atoms with Crippen LogP contribution in [0, 0.1) is 12.7 Å². The molecule has 100 valence electrons. The average molecular weight is 268 g/mol. The second-order valence-corrected chi connectivity index (χ2v) is 4.54. The quantitative estimate of drug-likeness (QED) is 0.747. The van der Waals surface area contributed by atoms with Gasteiger partial charge in [0.2, 0.25) is 0 Å². The first-order valence-electron chi connectivity index (χ1n) is 6.19. The molecule has 2 aromatic carbocycles. The van der Waals surface area contributed by atoms with Crippen molar-refractivity contribution in [3.05, 3.63) is 53.8 Å². The molecule has 0 aliphatic heterocycles. The first-order chi connectivity index (χ1) is 9.63. The first kappa shape index (κ1) is 12.3. The number of anilines is 3. The van der Waals surface area contributed by atoms with Gasteiger partial charge in [-0.15, -0.1) is 0 Å². The van der Waals surface area contributed by atoms with Crippen LogP contribution in [0.5, 0.6) is 0 Å². The lowest BCUT2D eigenvalue weighted by Gasteiger charge is -2.09. The highest BCUT2D eigenvalue weighted by molar-refractivity contribution is 5.80. The van der Waals surface area contributed by atoms with E-state index in [1.807, 2.05) is 24.3 Å². The number of halogens is 1. The van der Waals surface area contributed by atoms with E-state index in [-0.39, 0.29) is 11.6 Å². The minimum atomic E-state index is -0.276. The number of para-hydroxylation sites is 2. The standard InChI is InChI=1S/C15H13FN4/c1-9-6-7-10(8-11(9)16)18-15-14(17)19-12-4-2-3-5-13(12)20-15/h2-8H,1H3,(H2,17,19)(H,18,20). The number of rotatable bonds is 2. The van der Waals surface area contributed by atoms with Gasteiger partial charge in [-0.2, -0.15) is 0 Å². The van der Waals surface area contributed by atoms with Gasteiger partial charge in [0.05, 0.1) is 11.0 Å². The van der Waals surface area contributed by atoms with Crippen LogP contribution in [-0.4, -0.2) is 9.97 Å². The Morgan fingerprint density at radius 1 is 1.05 bits per heavy atom. The minimum Gasteiger partial charge on any atom is -0.381 e. The molecule has 0 saturated carbocycles. The van der Waals surface area contributed by atoms with Crippen LogP contribution in [-0.2, 0) is 0 Å². The molecule has 4 nitrogen and oxygen atoms in total. The molecule has 0 radical (unpaired) electrons. The average Bonchev–Trinajstić information content (AvgIpc) is 2.44. The Bertz CT molecular complexity index is 786. The normalized spacial score (nSPS) is 10.7. The lowest BCUT2D eigenvalue weighted by atomic mass is 10.2. The van der Waals surface area contributed by atoms with Gasteiger partial charge >= 0.3 is 0 Å². The second-order valence-electron chi connectivity index (χ2n) is 4.54. The SMILES string of the molecule is Cc1ccc(Nc2nc3ccccc3nc2N)cc1F. The number of benzene rings is 2. The Balaban J connectivity index is 2.01. The summed E-state index contributed by atoms with van der Waals surface area (Å²) in [5.74, 6) is 0.430. The number of aromatic nitrogens is 2. The summed E-state index contributed by atoms with van der Waals surface area (Å²) in [5, 5.41) is 2.99. The number of nitrogens with zero attached hydrogens (tertiary/aromatic N) is 2. The van der Waals surface area contributed by atoms with Crippen LogP contribution in [0.25, 0.3) is 11.0 Å². The van der Waals surface area contributed by atoms with Crippen molar-refractivity contribution in [2.45, 2.75) is 6.92 Å². The van der Waals surface area contributed by atoms with Crippen molar-refractivity contribution in [3.63, 3.8) is 0 Å². The van der Waals surface area contributed by atoms with Gasteiger partial charge in [-0.25, -0.2) is 14.4 Å². The third-order valence-electron chi connectivity index (χ3n) is 3.03. The van der Waals surface area contributed by atoms with E-state index in [4.69, 9.17) is 5.73 Å². The molecule has 5 heteroatoms. The Morgan fingerprint density at radius 2 is 1.75 bits per heavy atom. The van der Waals surface area contributed by atoms with Gasteiger partial charge in [0.25, 0.3) is 0 Å². The van der Waals surface area contributed by atoms with E-state index in [1.54, 1.807) is 19.1 Å². The number of nitrogens with two attached hydrogens (primary N) is 1. The van der Waals surface area contributed by atoms with Crippen molar-refractivity contribution in [2.75, 3.05) is 11.1 Å². The Morgan fingerprint density at radius 3 is 2.45 bits per heavy atom. The molecule has 0 bridgehead atoms. The Labute approximate surface area is 115 Å². The molecule has 1 aromatic heterocycles. The van der Waals surface area contributed by atoms with E-state index in [1.165, 1.54) is 6.07 Å². The fourth-order valence-corrected chi connectivity index (χ4v) is 1.91. The Hall–Kier alpha value is -2.69. The molecule has 0 spiro atoms. The van der Waals surface area contributed by atoms with Crippen molar-refractivity contribution in [1.29, 1.82) is 0 Å². The smallest absolute Gasteiger partial charge is 0.174 e. The topological polar surface area (TPSA) is 63.8 Å². The molecular formula is C15H13FN4. The Kier molecular flexibility index (Phi) is 2.95. The van der Waals surface area contributed by atoms with Crippen LogP contribution in [0.15, 0.2) is 42.5 Å². The zero-order valence-electron chi connectivity index (χ0n) is 10.9. The highest BCUT2D eigenvalue weighted by Crippen LogP contribution is 2.23. The molecule has 1 heterocycles. The largest absolute Gasteiger partial charge is 0.381 e. The highest BCUT2D eigenvalue weighted by atomic mass is 19.1. The second kappa shape index (κ2) is 4.77. The van der Waals surface area contributed by atoms with E-state index < -0.39 is 0 Å². The number of hydrogen-bond acceptors (Lipinski definition) is 4. The van der Waals surface area contributed by atoms with Crippen LogP contribution in [0.3, 0.4) is 0 Å². The summed E-state index contributed by atoms with van der Waals surface area (Å²) in [6.45, 7) is 1.71. The summed E-state index contributed by atoms with van der Waals surface area (Å²) >= 11 is 0. The third-order valence-corrected chi connectivity index (χ3v) is 3.03. The number of nitrogen functional groups attached to an aromatic ring is 1. The van der Waals surface area contributed by atoms with Crippen molar-refractivity contribution in [2.24, 2.45) is 0 Å². The fourth-order valence-electron chi connectivity index (χ4n) is 1.91. The highest BCUT2D eigenvalue weighted by Gasteiger charge is 2.07. The van der Waals surface area contributed by atoms with E-state index >= 15 is 0 Å². The van der Waals surface area contributed by atoms with Crippen LogP contribution < -0.4 is 11.1 Å². The fraction of sp³-hybridized carbons (Fsp3) is 0.0667. The lowest BCUT2D eigenvalue weighted by molar-refractivity contribution is 0.619. The van der Waals surface area contributed by atoms with Crippen LogP contribution >= 0.6 is 0 Å². The zero-order valence-corrected chi connectivity index (χ0v) is 10.9. The molecule has 0 fully saturated rings. The van der Waals surface area contributed by atoms with Crippen LogP contribution in [0.2, 0.25) is 0 Å². The van der Waals surface area contributed by atoms with Crippen molar-refractivity contribution in [3.8, 4) is 0 Å². The summed E-state index contributed by atoms with van der Waals surface area (Å²) in [4.78, 5) is 8.67. The lowest BCUT2D eigenvalue weighted by Crippen LogP contribution is -2.02. The third kappa shape index (κ3) is 2.25. The molecule has 0 atom stereocenters. The molecule has 0 aliphatic carbocycles. The van der Waals surface area contributed by atoms with Gasteiger partial charge in [0, 0.05) is 5.69 Å². The van der Waals surface area contributed by atoms with Gasteiger partial charge in [0.1, 0.15) is 5.82 Å². The van der Waals surface area contributed by atoms with E-state index in [2.05, 4.69) is 15.3 Å². The minimum absolute atomic E-state index is 0.276. The molecule has 3 aromatic rings. The van der Waals surface area contributed by atoms with Crippen molar-refractivity contribution in [1.82, 2.24) is 9.97 Å². The zero-order chi connectivity index (χ0) is 14.1.